The molecule has 0 amide bonds. The van der Waals surface area contributed by atoms with Crippen molar-refractivity contribution in [2.75, 3.05) is 4.90 Å². The van der Waals surface area contributed by atoms with Gasteiger partial charge in [-0.1, -0.05) is 97.1 Å². The fraction of sp³-hybridized carbons (Fsp3) is 0. The third-order valence-electron chi connectivity index (χ3n) is 9.29. The molecule has 0 atom stereocenters. The second-order valence-corrected chi connectivity index (χ2v) is 11.3. The van der Waals surface area contributed by atoms with E-state index in [-0.39, 0.29) is 6.71 Å². The first-order valence-electron chi connectivity index (χ1n) is 14.6. The summed E-state index contributed by atoms with van der Waals surface area (Å²) in [6, 6.07) is 53.2. The summed E-state index contributed by atoms with van der Waals surface area (Å²) in [5, 5.41) is 3.89. The minimum atomic E-state index is 0.0986. The maximum Gasteiger partial charge on any atom is 0.255 e. The van der Waals surface area contributed by atoms with E-state index >= 15 is 0 Å². The number of nitrogens with zero attached hydrogens (tertiary/aromatic N) is 3. The summed E-state index contributed by atoms with van der Waals surface area (Å²) in [5.41, 5.74) is 12.7. The molecule has 0 fully saturated rings. The van der Waals surface area contributed by atoms with Crippen LogP contribution in [-0.4, -0.2) is 15.8 Å². The van der Waals surface area contributed by atoms with E-state index in [1.165, 1.54) is 77.7 Å². The molecule has 0 saturated carbocycles. The van der Waals surface area contributed by atoms with E-state index in [1.807, 2.05) is 0 Å². The maximum atomic E-state index is 2.55. The fourth-order valence-electron chi connectivity index (χ4n) is 7.74. The number of benzene rings is 6. The van der Waals surface area contributed by atoms with Gasteiger partial charge in [0.1, 0.15) is 5.82 Å². The molecule has 3 nitrogen and oxygen atoms in total. The van der Waals surface area contributed by atoms with Gasteiger partial charge in [-0.25, -0.2) is 0 Å². The number of rotatable bonds is 2. The maximum absolute atomic E-state index is 2.55. The zero-order valence-corrected chi connectivity index (χ0v) is 22.8. The predicted octanol–water partition coefficient (Wildman–Crippen LogP) is 7.34. The summed E-state index contributed by atoms with van der Waals surface area (Å²) in [6.07, 6.45) is 0. The SMILES string of the molecule is c1ccc(N2c3ccccc3B3c4c(n(-c5ccccc5)c5ccccc45)-n4c5ccccc5c5ccc2c3c54)cc1. The van der Waals surface area contributed by atoms with E-state index < -0.39 is 0 Å². The van der Waals surface area contributed by atoms with Crippen LogP contribution in [0.3, 0.4) is 0 Å². The minimum Gasteiger partial charge on any atom is -0.311 e. The van der Waals surface area contributed by atoms with E-state index in [4.69, 9.17) is 0 Å². The van der Waals surface area contributed by atoms with E-state index in [0.29, 0.717) is 0 Å². The van der Waals surface area contributed by atoms with Gasteiger partial charge in [-0.05, 0) is 70.3 Å². The van der Waals surface area contributed by atoms with Gasteiger partial charge in [0.25, 0.3) is 6.71 Å². The highest BCUT2D eigenvalue weighted by Crippen LogP contribution is 2.43. The van der Waals surface area contributed by atoms with Gasteiger partial charge >= 0.3 is 0 Å². The molecule has 0 spiro atoms. The Morgan fingerprint density at radius 3 is 1.81 bits per heavy atom. The summed E-state index contributed by atoms with van der Waals surface area (Å²) in [6.45, 7) is 0.0986. The van der Waals surface area contributed by atoms with Crippen molar-refractivity contribution in [1.29, 1.82) is 0 Å². The molecule has 0 N–H and O–H groups in total. The zero-order valence-electron chi connectivity index (χ0n) is 22.8. The summed E-state index contributed by atoms with van der Waals surface area (Å²) in [7, 11) is 0. The summed E-state index contributed by atoms with van der Waals surface area (Å²) < 4.78 is 5.04. The predicted molar refractivity (Wildman–Crippen MR) is 177 cm³/mol. The van der Waals surface area contributed by atoms with Gasteiger partial charge in [0.15, 0.2) is 0 Å². The Balaban J connectivity index is 1.47. The summed E-state index contributed by atoms with van der Waals surface area (Å²) in [4.78, 5) is 2.46. The van der Waals surface area contributed by atoms with Gasteiger partial charge in [-0.15, -0.1) is 0 Å². The molecule has 0 radical (unpaired) electrons. The van der Waals surface area contributed by atoms with Crippen LogP contribution in [0.15, 0.2) is 146 Å². The van der Waals surface area contributed by atoms with Crippen LogP contribution in [0.25, 0.3) is 44.2 Å². The molecule has 4 heterocycles. The van der Waals surface area contributed by atoms with Crippen LogP contribution in [0, 0.1) is 0 Å². The number of fused-ring (bicyclic) bond motifs is 10. The van der Waals surface area contributed by atoms with Crippen LogP contribution in [0.4, 0.5) is 17.1 Å². The Kier molecular flexibility index (Phi) is 4.26. The van der Waals surface area contributed by atoms with Crippen molar-refractivity contribution >= 4 is 72.9 Å². The Morgan fingerprint density at radius 2 is 1.02 bits per heavy atom. The Hall–Kier alpha value is -5.48. The second-order valence-electron chi connectivity index (χ2n) is 11.3. The van der Waals surface area contributed by atoms with Crippen molar-refractivity contribution in [2.24, 2.45) is 0 Å². The molecule has 0 bridgehead atoms. The van der Waals surface area contributed by atoms with Crippen molar-refractivity contribution in [3.63, 3.8) is 0 Å². The number of hydrogen-bond donors (Lipinski definition) is 0. The Bertz CT molecular complexity index is 2370. The lowest BCUT2D eigenvalue weighted by atomic mass is 9.34. The third kappa shape index (κ3) is 2.67. The van der Waals surface area contributed by atoms with Crippen molar-refractivity contribution in [3.05, 3.63) is 146 Å². The molecule has 2 aliphatic heterocycles. The third-order valence-corrected chi connectivity index (χ3v) is 9.29. The Labute approximate surface area is 243 Å². The standard InChI is InChI=1S/C38H24BN3/c1-3-13-25(14-4-1)40-33-22-12-9-19-30(33)39-35-29-18-8-11-21-32(29)41(26-15-5-2-6-16-26)38(35)42-31-20-10-7-17-27(31)28-23-24-34(40)36(39)37(28)42/h1-24H. The van der Waals surface area contributed by atoms with Crippen LogP contribution < -0.4 is 21.3 Å². The molecule has 8 aromatic rings. The van der Waals surface area contributed by atoms with Crippen LogP contribution in [-0.2, 0) is 0 Å². The normalized spacial score (nSPS) is 13.1. The summed E-state index contributed by atoms with van der Waals surface area (Å²) in [5.74, 6) is 1.24. The molecular formula is C38H24BN3. The van der Waals surface area contributed by atoms with E-state index in [0.717, 1.165) is 0 Å². The molecule has 0 saturated heterocycles. The van der Waals surface area contributed by atoms with Crippen LogP contribution >= 0.6 is 0 Å². The van der Waals surface area contributed by atoms with Crippen molar-refractivity contribution in [3.8, 4) is 11.5 Å². The topological polar surface area (TPSA) is 13.1 Å². The fourth-order valence-corrected chi connectivity index (χ4v) is 7.74. The van der Waals surface area contributed by atoms with Crippen LogP contribution in [0.2, 0.25) is 0 Å². The monoisotopic (exact) mass is 533 g/mol. The lowest BCUT2D eigenvalue weighted by Gasteiger charge is -2.39. The van der Waals surface area contributed by atoms with Gasteiger partial charge in [-0.3, -0.25) is 9.13 Å². The van der Waals surface area contributed by atoms with Gasteiger partial charge in [0.05, 0.1) is 16.6 Å². The van der Waals surface area contributed by atoms with Crippen molar-refractivity contribution in [1.82, 2.24) is 9.13 Å². The van der Waals surface area contributed by atoms with Gasteiger partial charge in [-0.2, -0.15) is 0 Å². The number of para-hydroxylation sites is 5. The highest BCUT2D eigenvalue weighted by atomic mass is 15.2. The molecule has 194 valence electrons. The first-order valence-corrected chi connectivity index (χ1v) is 14.6. The highest BCUT2D eigenvalue weighted by Gasteiger charge is 2.44. The van der Waals surface area contributed by atoms with Gasteiger partial charge in [0.2, 0.25) is 0 Å². The number of hydrogen-bond acceptors (Lipinski definition) is 1. The molecule has 4 heteroatoms. The number of aromatic nitrogens is 2. The molecule has 0 unspecified atom stereocenters. The molecule has 42 heavy (non-hydrogen) atoms. The number of anilines is 3. The van der Waals surface area contributed by atoms with E-state index in [9.17, 15) is 0 Å². The molecule has 6 aromatic carbocycles. The average Bonchev–Trinajstić information content (AvgIpc) is 3.58. The van der Waals surface area contributed by atoms with E-state index in [1.54, 1.807) is 0 Å². The van der Waals surface area contributed by atoms with Crippen LogP contribution in [0.5, 0.6) is 0 Å². The molecule has 2 aromatic heterocycles. The van der Waals surface area contributed by atoms with Gasteiger partial charge in [0, 0.05) is 33.5 Å². The van der Waals surface area contributed by atoms with E-state index in [2.05, 4.69) is 160 Å². The first-order chi connectivity index (χ1) is 20.9. The Morgan fingerprint density at radius 1 is 0.405 bits per heavy atom. The molecule has 0 aliphatic carbocycles. The highest BCUT2D eigenvalue weighted by molar-refractivity contribution is 7.01. The van der Waals surface area contributed by atoms with Crippen LogP contribution in [0.1, 0.15) is 0 Å². The smallest absolute Gasteiger partial charge is 0.255 e. The summed E-state index contributed by atoms with van der Waals surface area (Å²) >= 11 is 0. The molecular weight excluding hydrogens is 509 g/mol. The molecule has 10 rings (SSSR count). The largest absolute Gasteiger partial charge is 0.311 e. The molecule has 2 aliphatic rings. The zero-order chi connectivity index (χ0) is 27.4. The first kappa shape index (κ1) is 22.2. The lowest BCUT2D eigenvalue weighted by molar-refractivity contribution is 1.01. The second kappa shape index (κ2) is 8.05. The van der Waals surface area contributed by atoms with Crippen molar-refractivity contribution < 1.29 is 0 Å². The minimum absolute atomic E-state index is 0.0986. The van der Waals surface area contributed by atoms with Gasteiger partial charge < -0.3 is 4.90 Å². The quantitative estimate of drug-likeness (QED) is 0.212. The average molecular weight is 533 g/mol. The van der Waals surface area contributed by atoms with Crippen molar-refractivity contribution in [2.45, 2.75) is 0 Å². The lowest BCUT2D eigenvalue weighted by Crippen LogP contribution is -2.60.